The highest BCUT2D eigenvalue weighted by molar-refractivity contribution is 5.85. The Morgan fingerprint density at radius 1 is 1.50 bits per heavy atom. The van der Waals surface area contributed by atoms with Crippen LogP contribution < -0.4 is 10.1 Å². The van der Waals surface area contributed by atoms with E-state index in [1.165, 1.54) is 7.11 Å². The molecule has 98 valence electrons. The fourth-order valence-electron chi connectivity index (χ4n) is 1.87. The zero-order chi connectivity index (χ0) is 13.0. The van der Waals surface area contributed by atoms with Gasteiger partial charge in [-0.3, -0.25) is 0 Å². The largest absolute Gasteiger partial charge is 0.473 e. The van der Waals surface area contributed by atoms with Crippen molar-refractivity contribution in [2.24, 2.45) is 0 Å². The van der Waals surface area contributed by atoms with Crippen LogP contribution in [0, 0.1) is 6.92 Å². The highest BCUT2D eigenvalue weighted by atomic mass is 16.5. The van der Waals surface area contributed by atoms with Gasteiger partial charge in [-0.05, 0) is 26.3 Å². The van der Waals surface area contributed by atoms with Crippen LogP contribution in [0.25, 0.3) is 0 Å². The van der Waals surface area contributed by atoms with Crippen molar-refractivity contribution in [3.63, 3.8) is 0 Å². The number of carbonyl (C=O) groups excluding carboxylic acids is 1. The van der Waals surface area contributed by atoms with Gasteiger partial charge in [-0.2, -0.15) is 4.98 Å². The molecule has 0 spiro atoms. The third kappa shape index (κ3) is 3.16. The van der Waals surface area contributed by atoms with E-state index >= 15 is 0 Å². The molecule has 0 aromatic carbocycles. The monoisotopic (exact) mass is 251 g/mol. The SMILES string of the molecule is COC(=O)c1nc(C)cc(O[C@H]2CCCNC2)n1. The van der Waals surface area contributed by atoms with Gasteiger partial charge in [-0.1, -0.05) is 0 Å². The van der Waals surface area contributed by atoms with E-state index < -0.39 is 5.97 Å². The minimum Gasteiger partial charge on any atom is -0.473 e. The van der Waals surface area contributed by atoms with Crippen molar-refractivity contribution in [3.05, 3.63) is 17.6 Å². The van der Waals surface area contributed by atoms with Crippen LogP contribution in [0.3, 0.4) is 0 Å². The van der Waals surface area contributed by atoms with Crippen molar-refractivity contribution in [1.29, 1.82) is 0 Å². The summed E-state index contributed by atoms with van der Waals surface area (Å²) in [6, 6.07) is 1.72. The molecular formula is C12H17N3O3. The predicted molar refractivity (Wildman–Crippen MR) is 64.6 cm³/mol. The second kappa shape index (κ2) is 5.77. The number of aryl methyl sites for hydroxylation is 1. The van der Waals surface area contributed by atoms with Crippen molar-refractivity contribution in [3.8, 4) is 5.88 Å². The first-order chi connectivity index (χ1) is 8.69. The number of methoxy groups -OCH3 is 1. The van der Waals surface area contributed by atoms with Gasteiger partial charge in [0, 0.05) is 18.3 Å². The fourth-order valence-corrected chi connectivity index (χ4v) is 1.87. The molecule has 0 amide bonds. The number of rotatable bonds is 3. The Balaban J connectivity index is 2.11. The molecule has 1 fully saturated rings. The zero-order valence-electron chi connectivity index (χ0n) is 10.6. The van der Waals surface area contributed by atoms with Crippen molar-refractivity contribution < 1.29 is 14.3 Å². The van der Waals surface area contributed by atoms with E-state index in [2.05, 4.69) is 20.0 Å². The second-order valence-corrected chi connectivity index (χ2v) is 4.25. The third-order valence-electron chi connectivity index (χ3n) is 2.74. The molecule has 6 nitrogen and oxygen atoms in total. The molecule has 0 radical (unpaired) electrons. The number of ether oxygens (including phenoxy) is 2. The summed E-state index contributed by atoms with van der Waals surface area (Å²) < 4.78 is 10.4. The summed E-state index contributed by atoms with van der Waals surface area (Å²) in [4.78, 5) is 19.5. The van der Waals surface area contributed by atoms with E-state index in [1.807, 2.05) is 0 Å². The van der Waals surface area contributed by atoms with Crippen LogP contribution in [0.2, 0.25) is 0 Å². The van der Waals surface area contributed by atoms with E-state index in [9.17, 15) is 4.79 Å². The number of piperidine rings is 1. The lowest BCUT2D eigenvalue weighted by atomic mass is 10.1. The van der Waals surface area contributed by atoms with Crippen LogP contribution in [0.15, 0.2) is 6.07 Å². The van der Waals surface area contributed by atoms with Crippen LogP contribution >= 0.6 is 0 Å². The van der Waals surface area contributed by atoms with Gasteiger partial charge < -0.3 is 14.8 Å². The van der Waals surface area contributed by atoms with E-state index in [4.69, 9.17) is 4.74 Å². The molecular weight excluding hydrogens is 234 g/mol. The molecule has 1 saturated heterocycles. The first kappa shape index (κ1) is 12.8. The molecule has 2 rings (SSSR count). The highest BCUT2D eigenvalue weighted by Gasteiger charge is 2.17. The second-order valence-electron chi connectivity index (χ2n) is 4.25. The number of carbonyl (C=O) groups is 1. The van der Waals surface area contributed by atoms with Gasteiger partial charge in [0.1, 0.15) is 6.10 Å². The molecule has 0 bridgehead atoms. The molecule has 18 heavy (non-hydrogen) atoms. The van der Waals surface area contributed by atoms with Crippen molar-refractivity contribution in [2.45, 2.75) is 25.9 Å². The Hall–Kier alpha value is -1.69. The number of nitrogens with one attached hydrogen (secondary N) is 1. The Morgan fingerprint density at radius 3 is 3.00 bits per heavy atom. The van der Waals surface area contributed by atoms with Gasteiger partial charge in [0.05, 0.1) is 7.11 Å². The first-order valence-corrected chi connectivity index (χ1v) is 6.00. The highest BCUT2D eigenvalue weighted by Crippen LogP contribution is 2.14. The summed E-state index contributed by atoms with van der Waals surface area (Å²) in [5, 5.41) is 3.26. The molecule has 0 aliphatic carbocycles. The number of hydrogen-bond donors (Lipinski definition) is 1. The lowest BCUT2D eigenvalue weighted by Gasteiger charge is -2.23. The maximum atomic E-state index is 11.4. The summed E-state index contributed by atoms with van der Waals surface area (Å²) >= 11 is 0. The minimum atomic E-state index is -0.551. The molecule has 1 aromatic heterocycles. The molecule has 1 aliphatic heterocycles. The zero-order valence-corrected chi connectivity index (χ0v) is 10.6. The molecule has 6 heteroatoms. The van der Waals surface area contributed by atoms with Crippen LogP contribution in [-0.4, -0.2) is 42.2 Å². The fraction of sp³-hybridized carbons (Fsp3) is 0.583. The molecule has 1 aliphatic rings. The average Bonchev–Trinajstić information content (AvgIpc) is 2.38. The number of hydrogen-bond acceptors (Lipinski definition) is 6. The van der Waals surface area contributed by atoms with Gasteiger partial charge in [0.2, 0.25) is 11.7 Å². The summed E-state index contributed by atoms with van der Waals surface area (Å²) in [6.45, 7) is 3.62. The number of nitrogens with zero attached hydrogens (tertiary/aromatic N) is 2. The first-order valence-electron chi connectivity index (χ1n) is 6.00. The Morgan fingerprint density at radius 2 is 2.33 bits per heavy atom. The Labute approximate surface area is 106 Å². The van der Waals surface area contributed by atoms with Crippen molar-refractivity contribution >= 4 is 5.97 Å². The Kier molecular flexibility index (Phi) is 4.09. The number of esters is 1. The normalized spacial score (nSPS) is 19.3. The van der Waals surface area contributed by atoms with Gasteiger partial charge >= 0.3 is 5.97 Å². The van der Waals surface area contributed by atoms with E-state index in [0.29, 0.717) is 11.6 Å². The number of aromatic nitrogens is 2. The molecule has 0 saturated carbocycles. The van der Waals surface area contributed by atoms with E-state index in [1.54, 1.807) is 13.0 Å². The summed E-state index contributed by atoms with van der Waals surface area (Å²) in [7, 11) is 1.31. The lowest BCUT2D eigenvalue weighted by Crippen LogP contribution is -2.37. The van der Waals surface area contributed by atoms with Crippen LogP contribution in [0.5, 0.6) is 5.88 Å². The molecule has 1 N–H and O–H groups in total. The molecule has 1 aromatic rings. The van der Waals surface area contributed by atoms with E-state index in [-0.39, 0.29) is 11.9 Å². The van der Waals surface area contributed by atoms with Crippen LogP contribution in [0.1, 0.15) is 29.2 Å². The Bertz CT molecular complexity index is 431. The van der Waals surface area contributed by atoms with Crippen LogP contribution in [-0.2, 0) is 4.74 Å². The van der Waals surface area contributed by atoms with Crippen molar-refractivity contribution in [2.75, 3.05) is 20.2 Å². The smallest absolute Gasteiger partial charge is 0.376 e. The van der Waals surface area contributed by atoms with Gasteiger partial charge in [0.15, 0.2) is 0 Å². The predicted octanol–water partition coefficient (Wildman–Crippen LogP) is 0.702. The topological polar surface area (TPSA) is 73.3 Å². The molecule has 2 heterocycles. The quantitative estimate of drug-likeness (QED) is 0.797. The maximum Gasteiger partial charge on any atom is 0.376 e. The third-order valence-corrected chi connectivity index (χ3v) is 2.74. The van der Waals surface area contributed by atoms with Crippen LogP contribution in [0.4, 0.5) is 0 Å². The molecule has 1 atom stereocenters. The maximum absolute atomic E-state index is 11.4. The molecule has 0 unspecified atom stereocenters. The van der Waals surface area contributed by atoms with Gasteiger partial charge in [-0.15, -0.1) is 0 Å². The van der Waals surface area contributed by atoms with Crippen molar-refractivity contribution in [1.82, 2.24) is 15.3 Å². The summed E-state index contributed by atoms with van der Waals surface area (Å²) in [5.41, 5.74) is 0.684. The summed E-state index contributed by atoms with van der Waals surface area (Å²) in [5.74, 6) is -0.0850. The lowest BCUT2D eigenvalue weighted by molar-refractivity contribution is 0.0583. The van der Waals surface area contributed by atoms with Gasteiger partial charge in [0.25, 0.3) is 0 Å². The van der Waals surface area contributed by atoms with E-state index in [0.717, 1.165) is 25.9 Å². The minimum absolute atomic E-state index is 0.0382. The standard InChI is InChI=1S/C12H17N3O3/c1-8-6-10(15-11(14-8)12(16)17-2)18-9-4-3-5-13-7-9/h6,9,13H,3-5,7H2,1-2H3/t9-/m0/s1. The summed E-state index contributed by atoms with van der Waals surface area (Å²) in [6.07, 6.45) is 2.17. The van der Waals surface area contributed by atoms with Gasteiger partial charge in [-0.25, -0.2) is 9.78 Å². The average molecular weight is 251 g/mol.